The van der Waals surface area contributed by atoms with Gasteiger partial charge >= 0.3 is 0 Å². The maximum absolute atomic E-state index is 12.8. The molecule has 0 amide bonds. The van der Waals surface area contributed by atoms with Crippen LogP contribution in [0.5, 0.6) is 5.75 Å². The molecule has 1 aromatic rings. The van der Waals surface area contributed by atoms with Crippen molar-refractivity contribution >= 4 is 5.78 Å². The molecule has 2 heterocycles. The first-order valence-electron chi connectivity index (χ1n) is 7.74. The number of nitrogens with zero attached hydrogens (tertiary/aromatic N) is 1. The zero-order valence-electron chi connectivity index (χ0n) is 12.2. The summed E-state index contributed by atoms with van der Waals surface area (Å²) in [6, 6.07) is 5.88. The summed E-state index contributed by atoms with van der Waals surface area (Å²) in [6.45, 7) is 5.85. The predicted molar refractivity (Wildman–Crippen MR) is 79.4 cm³/mol. The molecule has 0 aliphatic carbocycles. The van der Waals surface area contributed by atoms with Crippen LogP contribution in [0.25, 0.3) is 0 Å². The first-order valence-corrected chi connectivity index (χ1v) is 7.74. The largest absolute Gasteiger partial charge is 0.493 e. The molecule has 1 atom stereocenters. The molecule has 0 N–H and O–H groups in total. The average molecular weight is 273 g/mol. The van der Waals surface area contributed by atoms with Crippen molar-refractivity contribution in [1.29, 1.82) is 0 Å². The fourth-order valence-corrected chi connectivity index (χ4v) is 3.32. The van der Waals surface area contributed by atoms with Crippen molar-refractivity contribution in [2.45, 2.75) is 32.6 Å². The minimum atomic E-state index is 0.0937. The normalized spacial score (nSPS) is 23.9. The van der Waals surface area contributed by atoms with Gasteiger partial charge in [0.25, 0.3) is 0 Å². The summed E-state index contributed by atoms with van der Waals surface area (Å²) >= 11 is 0. The number of benzene rings is 1. The summed E-state index contributed by atoms with van der Waals surface area (Å²) in [5, 5.41) is 0. The molecule has 1 aromatic carbocycles. The zero-order chi connectivity index (χ0) is 13.9. The highest BCUT2D eigenvalue weighted by Crippen LogP contribution is 2.30. The number of rotatable bonds is 2. The number of Topliss-reactive ketones (excluding diaryl/α,β-unsaturated/α-hetero) is 1. The Hall–Kier alpha value is -1.35. The van der Waals surface area contributed by atoms with Crippen molar-refractivity contribution in [3.63, 3.8) is 0 Å². The Labute approximate surface area is 120 Å². The van der Waals surface area contributed by atoms with Crippen molar-refractivity contribution in [1.82, 2.24) is 4.90 Å². The summed E-state index contributed by atoms with van der Waals surface area (Å²) in [6.07, 6.45) is 4.71. The standard InChI is InChI=1S/C17H23NO2/c1-13-6-5-7-15-16(19)14(8-11-20-17(13)15)12-18-9-3-2-4-10-18/h5-7,14H,2-4,8-12H2,1H3. The fraction of sp³-hybridized carbons (Fsp3) is 0.588. The lowest BCUT2D eigenvalue weighted by molar-refractivity contribution is 0.0859. The van der Waals surface area contributed by atoms with Gasteiger partial charge in [-0.2, -0.15) is 0 Å². The molecule has 1 unspecified atom stereocenters. The number of carbonyl (C=O) groups is 1. The van der Waals surface area contributed by atoms with Crippen molar-refractivity contribution < 1.29 is 9.53 Å². The lowest BCUT2D eigenvalue weighted by atomic mass is 9.93. The highest BCUT2D eigenvalue weighted by molar-refractivity contribution is 6.01. The second-order valence-corrected chi connectivity index (χ2v) is 6.01. The van der Waals surface area contributed by atoms with Crippen molar-refractivity contribution in [2.24, 2.45) is 5.92 Å². The Morgan fingerprint density at radius 3 is 2.85 bits per heavy atom. The van der Waals surface area contributed by atoms with Gasteiger partial charge in [0.2, 0.25) is 0 Å². The van der Waals surface area contributed by atoms with Crippen LogP contribution in [0.15, 0.2) is 18.2 Å². The highest BCUT2D eigenvalue weighted by atomic mass is 16.5. The van der Waals surface area contributed by atoms with Gasteiger partial charge in [-0.15, -0.1) is 0 Å². The number of aryl methyl sites for hydroxylation is 1. The van der Waals surface area contributed by atoms with Crippen LogP contribution < -0.4 is 4.74 Å². The quantitative estimate of drug-likeness (QED) is 0.829. The lowest BCUT2D eigenvalue weighted by Gasteiger charge is -2.29. The number of para-hydroxylation sites is 1. The van der Waals surface area contributed by atoms with Gasteiger partial charge in [-0.3, -0.25) is 4.79 Å². The molecule has 0 radical (unpaired) electrons. The van der Waals surface area contributed by atoms with Gasteiger partial charge in [-0.05, 0) is 50.9 Å². The van der Waals surface area contributed by atoms with E-state index in [1.54, 1.807) is 0 Å². The molecule has 2 aliphatic rings. The molecule has 0 saturated carbocycles. The number of hydrogen-bond donors (Lipinski definition) is 0. The van der Waals surface area contributed by atoms with Crippen molar-refractivity contribution in [3.05, 3.63) is 29.3 Å². The molecular formula is C17H23NO2. The van der Waals surface area contributed by atoms with E-state index in [1.165, 1.54) is 19.3 Å². The van der Waals surface area contributed by atoms with Crippen molar-refractivity contribution in [2.75, 3.05) is 26.2 Å². The molecule has 20 heavy (non-hydrogen) atoms. The molecule has 0 spiro atoms. The average Bonchev–Trinajstić information content (AvgIpc) is 2.62. The smallest absolute Gasteiger partial charge is 0.171 e. The topological polar surface area (TPSA) is 29.5 Å². The Balaban J connectivity index is 1.78. The molecular weight excluding hydrogens is 250 g/mol. The van der Waals surface area contributed by atoms with Crippen LogP contribution in [-0.4, -0.2) is 36.9 Å². The van der Waals surface area contributed by atoms with Crippen LogP contribution in [0.1, 0.15) is 41.6 Å². The monoisotopic (exact) mass is 273 g/mol. The Bertz CT molecular complexity index is 492. The molecule has 0 bridgehead atoms. The number of carbonyl (C=O) groups excluding carboxylic acids is 1. The van der Waals surface area contributed by atoms with Crippen LogP contribution in [0.3, 0.4) is 0 Å². The zero-order valence-corrected chi connectivity index (χ0v) is 12.2. The Morgan fingerprint density at radius 1 is 1.25 bits per heavy atom. The Morgan fingerprint density at radius 2 is 2.05 bits per heavy atom. The van der Waals surface area contributed by atoms with Gasteiger partial charge < -0.3 is 9.64 Å². The van der Waals surface area contributed by atoms with Gasteiger partial charge in [0.1, 0.15) is 5.75 Å². The minimum absolute atomic E-state index is 0.0937. The number of fused-ring (bicyclic) bond motifs is 1. The van der Waals surface area contributed by atoms with E-state index in [-0.39, 0.29) is 11.7 Å². The number of likely N-dealkylation sites (tertiary alicyclic amines) is 1. The Kier molecular flexibility index (Phi) is 4.06. The molecule has 3 rings (SSSR count). The number of hydrogen-bond acceptors (Lipinski definition) is 3. The van der Waals surface area contributed by atoms with E-state index in [0.717, 1.165) is 42.9 Å². The molecule has 1 saturated heterocycles. The first kappa shape index (κ1) is 13.6. The fourth-order valence-electron chi connectivity index (χ4n) is 3.32. The molecule has 3 heteroatoms. The van der Waals surface area contributed by atoms with E-state index in [2.05, 4.69) is 4.90 Å². The van der Waals surface area contributed by atoms with E-state index in [4.69, 9.17) is 4.74 Å². The number of ketones is 1. The van der Waals surface area contributed by atoms with E-state index in [0.29, 0.717) is 6.61 Å². The van der Waals surface area contributed by atoms with Crippen LogP contribution in [0.4, 0.5) is 0 Å². The van der Waals surface area contributed by atoms with Crippen molar-refractivity contribution in [3.8, 4) is 5.75 Å². The second-order valence-electron chi connectivity index (χ2n) is 6.01. The third-order valence-corrected chi connectivity index (χ3v) is 4.49. The predicted octanol–water partition coefficient (Wildman–Crippen LogP) is 3.06. The lowest BCUT2D eigenvalue weighted by Crippen LogP contribution is -2.36. The second kappa shape index (κ2) is 5.96. The maximum Gasteiger partial charge on any atom is 0.171 e. The van der Waals surface area contributed by atoms with Gasteiger partial charge in [-0.1, -0.05) is 18.6 Å². The molecule has 108 valence electrons. The van der Waals surface area contributed by atoms with Crippen LogP contribution in [0, 0.1) is 12.8 Å². The van der Waals surface area contributed by atoms with E-state index >= 15 is 0 Å². The first-order chi connectivity index (χ1) is 9.75. The molecule has 2 aliphatic heterocycles. The van der Waals surface area contributed by atoms with Crippen LogP contribution >= 0.6 is 0 Å². The van der Waals surface area contributed by atoms with Gasteiger partial charge in [-0.25, -0.2) is 0 Å². The summed E-state index contributed by atoms with van der Waals surface area (Å²) in [5.41, 5.74) is 1.85. The van der Waals surface area contributed by atoms with Gasteiger partial charge in [0, 0.05) is 12.5 Å². The summed E-state index contributed by atoms with van der Waals surface area (Å²) in [5.74, 6) is 1.17. The number of piperidine rings is 1. The van der Waals surface area contributed by atoms with Gasteiger partial charge in [0.05, 0.1) is 12.2 Å². The molecule has 1 fully saturated rings. The summed E-state index contributed by atoms with van der Waals surface area (Å²) in [4.78, 5) is 15.2. The summed E-state index contributed by atoms with van der Waals surface area (Å²) in [7, 11) is 0. The van der Waals surface area contributed by atoms with Crippen LogP contribution in [0.2, 0.25) is 0 Å². The molecule has 0 aromatic heterocycles. The van der Waals surface area contributed by atoms with E-state index < -0.39 is 0 Å². The number of ether oxygens (including phenoxy) is 1. The maximum atomic E-state index is 12.8. The third kappa shape index (κ3) is 2.73. The summed E-state index contributed by atoms with van der Waals surface area (Å²) < 4.78 is 5.83. The third-order valence-electron chi connectivity index (χ3n) is 4.49. The SMILES string of the molecule is Cc1cccc2c1OCCC(CN1CCCCC1)C2=O. The van der Waals surface area contributed by atoms with E-state index in [9.17, 15) is 4.79 Å². The van der Waals surface area contributed by atoms with Gasteiger partial charge in [0.15, 0.2) is 5.78 Å². The highest BCUT2D eigenvalue weighted by Gasteiger charge is 2.29. The minimum Gasteiger partial charge on any atom is -0.493 e. The van der Waals surface area contributed by atoms with Crippen LogP contribution in [-0.2, 0) is 0 Å². The van der Waals surface area contributed by atoms with E-state index in [1.807, 2.05) is 25.1 Å². The molecule has 3 nitrogen and oxygen atoms in total.